The Hall–Kier alpha value is -1.35. The van der Waals surface area contributed by atoms with Crippen LogP contribution in [0.5, 0.6) is 0 Å². The summed E-state index contributed by atoms with van der Waals surface area (Å²) in [4.78, 5) is 11.6. The fourth-order valence-corrected chi connectivity index (χ4v) is 4.07. The number of hydrogen-bond donors (Lipinski definition) is 1. The Balaban J connectivity index is 1.59. The van der Waals surface area contributed by atoms with Crippen molar-refractivity contribution in [1.82, 2.24) is 0 Å². The van der Waals surface area contributed by atoms with E-state index in [4.69, 9.17) is 4.74 Å². The van der Waals surface area contributed by atoms with Crippen molar-refractivity contribution in [3.63, 3.8) is 0 Å². The van der Waals surface area contributed by atoms with Crippen LogP contribution >= 0.6 is 0 Å². The highest BCUT2D eigenvalue weighted by molar-refractivity contribution is 5.70. The summed E-state index contributed by atoms with van der Waals surface area (Å²) in [6.45, 7) is 0.785. The molecule has 1 aliphatic heterocycles. The van der Waals surface area contributed by atoms with E-state index in [1.807, 2.05) is 0 Å². The molecule has 2 atom stereocenters. The topological polar surface area (TPSA) is 46.5 Å². The van der Waals surface area contributed by atoms with E-state index in [-0.39, 0.29) is 12.0 Å². The van der Waals surface area contributed by atoms with Gasteiger partial charge in [0.2, 0.25) is 0 Å². The van der Waals surface area contributed by atoms with Crippen molar-refractivity contribution >= 4 is 5.97 Å². The molecular formula is C20H28O3. The zero-order valence-corrected chi connectivity index (χ0v) is 13.9. The van der Waals surface area contributed by atoms with Crippen molar-refractivity contribution in [1.29, 1.82) is 0 Å². The number of aliphatic carboxylic acids is 1. The molecule has 3 heteroatoms. The standard InChI is InChI=1S/C20H28O3/c21-20(22)18(14-19-7-4-12-23-19)13-15-8-10-17(11-9-15)16-5-2-1-3-6-16/h8-11,16,18-19H,1-7,12-14H2,(H,21,22). The van der Waals surface area contributed by atoms with Crippen LogP contribution in [0.2, 0.25) is 0 Å². The number of carboxylic acid groups (broad SMARTS) is 1. The van der Waals surface area contributed by atoms with Gasteiger partial charge in [-0.05, 0) is 55.6 Å². The van der Waals surface area contributed by atoms with Crippen LogP contribution in [-0.4, -0.2) is 23.8 Å². The van der Waals surface area contributed by atoms with E-state index in [0.717, 1.165) is 25.0 Å². The van der Waals surface area contributed by atoms with E-state index in [1.54, 1.807) is 0 Å². The van der Waals surface area contributed by atoms with Crippen LogP contribution in [-0.2, 0) is 16.0 Å². The molecule has 1 saturated carbocycles. The fourth-order valence-electron chi connectivity index (χ4n) is 4.07. The van der Waals surface area contributed by atoms with Gasteiger partial charge in [-0.2, -0.15) is 0 Å². The average molecular weight is 316 g/mol. The highest BCUT2D eigenvalue weighted by Crippen LogP contribution is 2.33. The number of hydrogen-bond acceptors (Lipinski definition) is 2. The lowest BCUT2D eigenvalue weighted by atomic mass is 9.83. The molecule has 0 amide bonds. The van der Waals surface area contributed by atoms with Crippen molar-refractivity contribution in [3.8, 4) is 0 Å². The number of carbonyl (C=O) groups is 1. The first kappa shape index (κ1) is 16.5. The van der Waals surface area contributed by atoms with Gasteiger partial charge < -0.3 is 9.84 Å². The number of rotatable bonds is 6. The van der Waals surface area contributed by atoms with Gasteiger partial charge in [-0.3, -0.25) is 4.79 Å². The van der Waals surface area contributed by atoms with Crippen LogP contribution < -0.4 is 0 Å². The summed E-state index contributed by atoms with van der Waals surface area (Å²) in [5, 5.41) is 9.50. The third kappa shape index (κ3) is 4.57. The van der Waals surface area contributed by atoms with Gasteiger partial charge in [0.15, 0.2) is 0 Å². The fraction of sp³-hybridized carbons (Fsp3) is 0.650. The van der Waals surface area contributed by atoms with E-state index in [1.165, 1.54) is 37.7 Å². The lowest BCUT2D eigenvalue weighted by Crippen LogP contribution is -2.22. The highest BCUT2D eigenvalue weighted by Gasteiger charge is 2.26. The summed E-state index contributed by atoms with van der Waals surface area (Å²) in [6.07, 6.45) is 10.1. The van der Waals surface area contributed by atoms with Gasteiger partial charge in [-0.15, -0.1) is 0 Å². The van der Waals surface area contributed by atoms with E-state index >= 15 is 0 Å². The van der Waals surface area contributed by atoms with Crippen LogP contribution in [0.3, 0.4) is 0 Å². The first-order valence-corrected chi connectivity index (χ1v) is 9.15. The molecule has 126 valence electrons. The summed E-state index contributed by atoms with van der Waals surface area (Å²) in [5.74, 6) is -0.324. The van der Waals surface area contributed by atoms with Crippen LogP contribution in [0.1, 0.15) is 68.4 Å². The maximum absolute atomic E-state index is 11.6. The Morgan fingerprint density at radius 2 is 1.83 bits per heavy atom. The SMILES string of the molecule is O=C(O)C(Cc1ccc(C2CCCCC2)cc1)CC1CCCO1. The molecule has 1 N–H and O–H groups in total. The number of benzene rings is 1. The van der Waals surface area contributed by atoms with Crippen LogP contribution in [0.4, 0.5) is 0 Å². The molecule has 0 radical (unpaired) electrons. The predicted molar refractivity (Wildman–Crippen MR) is 90.7 cm³/mol. The second kappa shape index (κ2) is 7.96. The Labute approximate surface area is 139 Å². The third-order valence-electron chi connectivity index (χ3n) is 5.46. The Bertz CT molecular complexity index is 496. The first-order valence-electron chi connectivity index (χ1n) is 9.15. The smallest absolute Gasteiger partial charge is 0.306 e. The van der Waals surface area contributed by atoms with Gasteiger partial charge in [0, 0.05) is 6.61 Å². The molecule has 0 aromatic heterocycles. The molecule has 2 unspecified atom stereocenters. The zero-order valence-electron chi connectivity index (χ0n) is 13.9. The molecule has 3 nitrogen and oxygen atoms in total. The molecule has 3 rings (SSSR count). The molecule has 2 fully saturated rings. The van der Waals surface area contributed by atoms with Crippen LogP contribution in [0, 0.1) is 5.92 Å². The largest absolute Gasteiger partial charge is 0.481 e. The summed E-state index contributed by atoms with van der Waals surface area (Å²) in [7, 11) is 0. The first-order chi connectivity index (χ1) is 11.2. The van der Waals surface area contributed by atoms with Crippen molar-refractivity contribution in [3.05, 3.63) is 35.4 Å². The Morgan fingerprint density at radius 1 is 1.09 bits per heavy atom. The van der Waals surface area contributed by atoms with Gasteiger partial charge in [-0.1, -0.05) is 43.5 Å². The second-order valence-electron chi connectivity index (χ2n) is 7.19. The van der Waals surface area contributed by atoms with Crippen LogP contribution in [0.25, 0.3) is 0 Å². The minimum Gasteiger partial charge on any atom is -0.481 e. The maximum atomic E-state index is 11.6. The molecule has 1 heterocycles. The van der Waals surface area contributed by atoms with Gasteiger partial charge >= 0.3 is 5.97 Å². The molecule has 1 saturated heterocycles. The van der Waals surface area contributed by atoms with Gasteiger partial charge in [0.25, 0.3) is 0 Å². The summed E-state index contributed by atoms with van der Waals surface area (Å²) in [5.41, 5.74) is 2.56. The minimum absolute atomic E-state index is 0.137. The lowest BCUT2D eigenvalue weighted by Gasteiger charge is -2.22. The summed E-state index contributed by atoms with van der Waals surface area (Å²) in [6, 6.07) is 8.71. The van der Waals surface area contributed by atoms with Crippen LogP contribution in [0.15, 0.2) is 24.3 Å². The third-order valence-corrected chi connectivity index (χ3v) is 5.46. The van der Waals surface area contributed by atoms with Crippen molar-refractivity contribution in [2.45, 2.75) is 69.8 Å². The average Bonchev–Trinajstić information content (AvgIpc) is 3.09. The molecule has 0 bridgehead atoms. The van der Waals surface area contributed by atoms with Gasteiger partial charge in [0.1, 0.15) is 0 Å². The monoisotopic (exact) mass is 316 g/mol. The molecule has 0 spiro atoms. The molecule has 1 aromatic rings. The van der Waals surface area contributed by atoms with Crippen molar-refractivity contribution < 1.29 is 14.6 Å². The van der Waals surface area contributed by atoms with E-state index in [9.17, 15) is 9.90 Å². The summed E-state index contributed by atoms with van der Waals surface area (Å²) < 4.78 is 5.61. The molecule has 2 aliphatic rings. The zero-order chi connectivity index (χ0) is 16.1. The lowest BCUT2D eigenvalue weighted by molar-refractivity contribution is -0.142. The van der Waals surface area contributed by atoms with Gasteiger partial charge in [-0.25, -0.2) is 0 Å². The van der Waals surface area contributed by atoms with E-state index in [0.29, 0.717) is 18.8 Å². The van der Waals surface area contributed by atoms with Gasteiger partial charge in [0.05, 0.1) is 12.0 Å². The molecular weight excluding hydrogens is 288 g/mol. The normalized spacial score (nSPS) is 23.7. The van der Waals surface area contributed by atoms with E-state index in [2.05, 4.69) is 24.3 Å². The number of ether oxygens (including phenoxy) is 1. The minimum atomic E-state index is -0.697. The quantitative estimate of drug-likeness (QED) is 0.837. The predicted octanol–water partition coefficient (Wildman–Crippen LogP) is 4.55. The van der Waals surface area contributed by atoms with Crippen molar-refractivity contribution in [2.24, 2.45) is 5.92 Å². The van der Waals surface area contributed by atoms with E-state index < -0.39 is 5.97 Å². The Morgan fingerprint density at radius 3 is 2.43 bits per heavy atom. The molecule has 1 aliphatic carbocycles. The molecule has 1 aromatic carbocycles. The van der Waals surface area contributed by atoms with Crippen molar-refractivity contribution in [2.75, 3.05) is 6.61 Å². The second-order valence-corrected chi connectivity index (χ2v) is 7.19. The maximum Gasteiger partial charge on any atom is 0.306 e. The molecule has 23 heavy (non-hydrogen) atoms. The Kier molecular flexibility index (Phi) is 5.71. The number of carboxylic acids is 1. The highest BCUT2D eigenvalue weighted by atomic mass is 16.5. The summed E-state index contributed by atoms with van der Waals surface area (Å²) >= 11 is 0.